The van der Waals surface area contributed by atoms with Crippen molar-refractivity contribution in [1.82, 2.24) is 15.2 Å². The minimum absolute atomic E-state index is 0.133. The summed E-state index contributed by atoms with van der Waals surface area (Å²) in [5.74, 6) is 1.19. The minimum atomic E-state index is -0.266. The number of rotatable bonds is 7. The summed E-state index contributed by atoms with van der Waals surface area (Å²) in [6, 6.07) is 15.2. The van der Waals surface area contributed by atoms with Crippen LogP contribution in [0.1, 0.15) is 16.5 Å². The molecule has 2 aromatic heterocycles. The number of pyridine rings is 1. The maximum Gasteiger partial charge on any atom is 0.319 e. The van der Waals surface area contributed by atoms with Gasteiger partial charge in [-0.3, -0.25) is 0 Å². The first kappa shape index (κ1) is 19.9. The number of aryl methyl sites for hydroxylation is 1. The Labute approximate surface area is 169 Å². The van der Waals surface area contributed by atoms with Crippen LogP contribution in [-0.4, -0.2) is 36.6 Å². The van der Waals surface area contributed by atoms with Crippen LogP contribution in [0.15, 0.2) is 60.1 Å². The standard InChI is InChI=1S/C21H24N4O2S/c1-15-6-9-17(10-7-15)27-20-11-8-16(13-22-20)24-21(26)23-14-18(25(2)3)19-5-4-12-28-19/h4-13,18H,14H2,1-3H3,(H2,23,24,26). The second-order valence-electron chi connectivity index (χ2n) is 6.63. The van der Waals surface area contributed by atoms with E-state index in [2.05, 4.69) is 26.6 Å². The minimum Gasteiger partial charge on any atom is -0.439 e. The molecule has 0 aliphatic carbocycles. The van der Waals surface area contributed by atoms with Gasteiger partial charge >= 0.3 is 6.03 Å². The number of carbonyl (C=O) groups excluding carboxylic acids is 1. The molecule has 0 fully saturated rings. The number of benzene rings is 1. The highest BCUT2D eigenvalue weighted by molar-refractivity contribution is 7.10. The number of nitrogens with one attached hydrogen (secondary N) is 2. The first-order chi connectivity index (χ1) is 13.5. The lowest BCUT2D eigenvalue weighted by Crippen LogP contribution is -2.36. The maximum absolute atomic E-state index is 12.2. The fourth-order valence-electron chi connectivity index (χ4n) is 2.62. The van der Waals surface area contributed by atoms with Crippen molar-refractivity contribution in [3.8, 4) is 11.6 Å². The number of likely N-dealkylation sites (N-methyl/N-ethyl adjacent to an activating group) is 1. The predicted octanol–water partition coefficient (Wildman–Crippen LogP) is 4.67. The number of hydrogen-bond acceptors (Lipinski definition) is 5. The van der Waals surface area contributed by atoms with E-state index in [1.54, 1.807) is 29.7 Å². The lowest BCUT2D eigenvalue weighted by atomic mass is 10.2. The third kappa shape index (κ3) is 5.55. The summed E-state index contributed by atoms with van der Waals surface area (Å²) in [5, 5.41) is 7.75. The Morgan fingerprint density at radius 3 is 2.57 bits per heavy atom. The van der Waals surface area contributed by atoms with Crippen molar-refractivity contribution in [2.75, 3.05) is 26.0 Å². The second-order valence-corrected chi connectivity index (χ2v) is 7.61. The molecule has 0 saturated carbocycles. The summed E-state index contributed by atoms with van der Waals surface area (Å²) in [6.07, 6.45) is 1.58. The molecule has 3 rings (SSSR count). The summed E-state index contributed by atoms with van der Waals surface area (Å²) >= 11 is 1.68. The monoisotopic (exact) mass is 396 g/mol. The molecule has 1 aromatic carbocycles. The van der Waals surface area contributed by atoms with Crippen LogP contribution in [0.2, 0.25) is 0 Å². The average Bonchev–Trinajstić information content (AvgIpc) is 3.19. The van der Waals surface area contributed by atoms with Crippen molar-refractivity contribution in [3.05, 3.63) is 70.5 Å². The highest BCUT2D eigenvalue weighted by atomic mass is 32.1. The second kappa shape index (κ2) is 9.34. The Kier molecular flexibility index (Phi) is 6.62. The Morgan fingerprint density at radius 1 is 1.18 bits per heavy atom. The van der Waals surface area contributed by atoms with Crippen molar-refractivity contribution >= 4 is 23.1 Å². The molecule has 2 N–H and O–H groups in total. The number of anilines is 1. The summed E-state index contributed by atoms with van der Waals surface area (Å²) in [7, 11) is 4.00. The van der Waals surface area contributed by atoms with Gasteiger partial charge < -0.3 is 20.3 Å². The Morgan fingerprint density at radius 2 is 1.96 bits per heavy atom. The summed E-state index contributed by atoms with van der Waals surface area (Å²) < 4.78 is 5.70. The molecule has 0 bridgehead atoms. The molecule has 7 heteroatoms. The summed E-state index contributed by atoms with van der Waals surface area (Å²) in [6.45, 7) is 2.54. The van der Waals surface area contributed by atoms with Crippen molar-refractivity contribution < 1.29 is 9.53 Å². The van der Waals surface area contributed by atoms with Gasteiger partial charge in [0, 0.05) is 17.5 Å². The SMILES string of the molecule is Cc1ccc(Oc2ccc(NC(=O)NCC(c3cccs3)N(C)C)cn2)cc1. The van der Waals surface area contributed by atoms with Gasteiger partial charge in [0.2, 0.25) is 5.88 Å². The highest BCUT2D eigenvalue weighted by Crippen LogP contribution is 2.23. The number of ether oxygens (including phenoxy) is 1. The number of hydrogen-bond donors (Lipinski definition) is 2. The van der Waals surface area contributed by atoms with Gasteiger partial charge in [-0.2, -0.15) is 0 Å². The van der Waals surface area contributed by atoms with Crippen LogP contribution in [-0.2, 0) is 0 Å². The summed E-state index contributed by atoms with van der Waals surface area (Å²) in [5.41, 5.74) is 1.77. The Balaban J connectivity index is 1.52. The Bertz CT molecular complexity index is 878. The number of urea groups is 1. The van der Waals surface area contributed by atoms with E-state index < -0.39 is 0 Å². The van der Waals surface area contributed by atoms with Crippen LogP contribution in [0, 0.1) is 6.92 Å². The zero-order chi connectivity index (χ0) is 19.9. The molecule has 0 saturated heterocycles. The highest BCUT2D eigenvalue weighted by Gasteiger charge is 2.16. The van der Waals surface area contributed by atoms with Crippen LogP contribution >= 0.6 is 11.3 Å². The third-order valence-electron chi connectivity index (χ3n) is 4.19. The first-order valence-corrected chi connectivity index (χ1v) is 9.84. The topological polar surface area (TPSA) is 66.5 Å². The number of carbonyl (C=O) groups is 1. The maximum atomic E-state index is 12.2. The molecule has 146 valence electrons. The molecule has 1 atom stereocenters. The Hall–Kier alpha value is -2.90. The first-order valence-electron chi connectivity index (χ1n) is 8.96. The van der Waals surface area contributed by atoms with E-state index in [0.29, 0.717) is 18.1 Å². The zero-order valence-corrected chi connectivity index (χ0v) is 17.0. The van der Waals surface area contributed by atoms with Crippen LogP contribution < -0.4 is 15.4 Å². The van der Waals surface area contributed by atoms with Gasteiger partial charge in [0.05, 0.1) is 17.9 Å². The van der Waals surface area contributed by atoms with Gasteiger partial charge in [-0.05, 0) is 50.7 Å². The fourth-order valence-corrected chi connectivity index (χ4v) is 3.55. The van der Waals surface area contributed by atoms with Crippen molar-refractivity contribution in [3.63, 3.8) is 0 Å². The molecule has 0 spiro atoms. The smallest absolute Gasteiger partial charge is 0.319 e. The predicted molar refractivity (Wildman–Crippen MR) is 113 cm³/mol. The van der Waals surface area contributed by atoms with Crippen molar-refractivity contribution in [2.24, 2.45) is 0 Å². The van der Waals surface area contributed by atoms with E-state index in [1.807, 2.05) is 56.7 Å². The molecule has 0 aliphatic rings. The van der Waals surface area contributed by atoms with Gasteiger partial charge in [-0.25, -0.2) is 9.78 Å². The molecule has 2 amide bonds. The quantitative estimate of drug-likeness (QED) is 0.609. The zero-order valence-electron chi connectivity index (χ0n) is 16.2. The molecule has 2 heterocycles. The molecular weight excluding hydrogens is 372 g/mol. The number of nitrogens with zero attached hydrogens (tertiary/aromatic N) is 2. The van der Waals surface area contributed by atoms with Crippen molar-refractivity contribution in [1.29, 1.82) is 0 Å². The van der Waals surface area contributed by atoms with Crippen molar-refractivity contribution in [2.45, 2.75) is 13.0 Å². The fraction of sp³-hybridized carbons (Fsp3) is 0.238. The third-order valence-corrected chi connectivity index (χ3v) is 5.16. The van der Waals surface area contributed by atoms with Gasteiger partial charge in [-0.15, -0.1) is 11.3 Å². The van der Waals surface area contributed by atoms with Gasteiger partial charge in [0.15, 0.2) is 0 Å². The lowest BCUT2D eigenvalue weighted by Gasteiger charge is -2.23. The van der Waals surface area contributed by atoms with E-state index in [9.17, 15) is 4.79 Å². The van der Waals surface area contributed by atoms with Gasteiger partial charge in [0.1, 0.15) is 5.75 Å². The van der Waals surface area contributed by atoms with E-state index >= 15 is 0 Å². The van der Waals surface area contributed by atoms with E-state index in [1.165, 1.54) is 10.4 Å². The van der Waals surface area contributed by atoms with Crippen LogP contribution in [0.25, 0.3) is 0 Å². The number of thiophene rings is 1. The van der Waals surface area contributed by atoms with Gasteiger partial charge in [-0.1, -0.05) is 23.8 Å². The summed E-state index contributed by atoms with van der Waals surface area (Å²) in [4.78, 5) is 19.8. The van der Waals surface area contributed by atoms with E-state index in [0.717, 1.165) is 5.75 Å². The molecule has 28 heavy (non-hydrogen) atoms. The lowest BCUT2D eigenvalue weighted by molar-refractivity contribution is 0.244. The molecule has 0 radical (unpaired) electrons. The molecule has 3 aromatic rings. The molecule has 1 unspecified atom stereocenters. The average molecular weight is 397 g/mol. The van der Waals surface area contributed by atoms with Crippen LogP contribution in [0.5, 0.6) is 11.6 Å². The molecular formula is C21H24N4O2S. The van der Waals surface area contributed by atoms with Crippen LogP contribution in [0.4, 0.5) is 10.5 Å². The van der Waals surface area contributed by atoms with E-state index in [4.69, 9.17) is 4.74 Å². The largest absolute Gasteiger partial charge is 0.439 e. The number of amides is 2. The molecule has 6 nitrogen and oxygen atoms in total. The van der Waals surface area contributed by atoms with Crippen LogP contribution in [0.3, 0.4) is 0 Å². The molecule has 0 aliphatic heterocycles. The van der Waals surface area contributed by atoms with Gasteiger partial charge in [0.25, 0.3) is 0 Å². The van der Waals surface area contributed by atoms with E-state index in [-0.39, 0.29) is 12.1 Å². The normalized spacial score (nSPS) is 11.9. The number of aromatic nitrogens is 1.